The Labute approximate surface area is 58.3 Å². The maximum absolute atomic E-state index is 10.4. The van der Waals surface area contributed by atoms with E-state index in [2.05, 4.69) is 0 Å². The monoisotopic (exact) mass is 143 g/mol. The van der Waals surface area contributed by atoms with Gasteiger partial charge in [-0.2, -0.15) is 0 Å². The summed E-state index contributed by atoms with van der Waals surface area (Å²) in [6, 6.07) is 0. The van der Waals surface area contributed by atoms with Crippen LogP contribution in [0.3, 0.4) is 0 Å². The summed E-state index contributed by atoms with van der Waals surface area (Å²) in [5, 5.41) is 8.51. The second-order valence-corrected chi connectivity index (χ2v) is 2.18. The zero-order valence-electron chi connectivity index (χ0n) is 5.41. The van der Waals surface area contributed by atoms with Crippen molar-refractivity contribution in [1.82, 2.24) is 0 Å². The maximum Gasteiger partial charge on any atom is 0.351 e. The SMILES string of the molecule is NC1(C(=O)O)CC=CCO1. The van der Waals surface area contributed by atoms with Gasteiger partial charge >= 0.3 is 5.97 Å². The molecule has 1 aliphatic rings. The molecule has 4 heteroatoms. The highest BCUT2D eigenvalue weighted by Crippen LogP contribution is 2.13. The first-order valence-electron chi connectivity index (χ1n) is 2.96. The number of hydrogen-bond donors (Lipinski definition) is 2. The molecule has 1 heterocycles. The van der Waals surface area contributed by atoms with Crippen LogP contribution in [0.2, 0.25) is 0 Å². The van der Waals surface area contributed by atoms with Crippen LogP contribution in [-0.4, -0.2) is 23.4 Å². The molecule has 1 aliphatic heterocycles. The Morgan fingerprint density at radius 1 is 1.70 bits per heavy atom. The summed E-state index contributed by atoms with van der Waals surface area (Å²) in [4.78, 5) is 10.4. The van der Waals surface area contributed by atoms with Gasteiger partial charge in [-0.3, -0.25) is 5.73 Å². The minimum Gasteiger partial charge on any atom is -0.478 e. The number of carboxylic acids is 1. The van der Waals surface area contributed by atoms with E-state index in [1.807, 2.05) is 0 Å². The first kappa shape index (κ1) is 7.24. The van der Waals surface area contributed by atoms with E-state index in [0.717, 1.165) is 0 Å². The van der Waals surface area contributed by atoms with E-state index >= 15 is 0 Å². The molecule has 1 atom stereocenters. The van der Waals surface area contributed by atoms with E-state index in [0.29, 0.717) is 0 Å². The average molecular weight is 143 g/mol. The molecular weight excluding hydrogens is 134 g/mol. The third kappa shape index (κ3) is 1.17. The van der Waals surface area contributed by atoms with Crippen LogP contribution in [0, 0.1) is 0 Å². The van der Waals surface area contributed by atoms with Gasteiger partial charge in [0, 0.05) is 6.42 Å². The minimum absolute atomic E-state index is 0.238. The second kappa shape index (κ2) is 2.40. The van der Waals surface area contributed by atoms with Crippen molar-refractivity contribution in [2.45, 2.75) is 12.1 Å². The van der Waals surface area contributed by atoms with Gasteiger partial charge in [0.05, 0.1) is 6.61 Å². The van der Waals surface area contributed by atoms with Crippen molar-refractivity contribution in [3.8, 4) is 0 Å². The van der Waals surface area contributed by atoms with Crippen LogP contribution in [0.4, 0.5) is 0 Å². The highest BCUT2D eigenvalue weighted by molar-refractivity contribution is 5.77. The van der Waals surface area contributed by atoms with Crippen LogP contribution in [0.25, 0.3) is 0 Å². The number of carboxylic acid groups (broad SMARTS) is 1. The molecule has 1 unspecified atom stereocenters. The molecular formula is C6H9NO3. The highest BCUT2D eigenvalue weighted by Gasteiger charge is 2.34. The molecule has 0 radical (unpaired) electrons. The van der Waals surface area contributed by atoms with Crippen LogP contribution < -0.4 is 5.73 Å². The molecule has 0 saturated heterocycles. The van der Waals surface area contributed by atoms with E-state index in [-0.39, 0.29) is 13.0 Å². The third-order valence-electron chi connectivity index (χ3n) is 1.39. The van der Waals surface area contributed by atoms with E-state index in [1.54, 1.807) is 12.2 Å². The quantitative estimate of drug-likeness (QED) is 0.494. The van der Waals surface area contributed by atoms with Crippen LogP contribution in [0.1, 0.15) is 6.42 Å². The predicted molar refractivity (Wildman–Crippen MR) is 34.3 cm³/mol. The van der Waals surface area contributed by atoms with Crippen molar-refractivity contribution < 1.29 is 14.6 Å². The van der Waals surface area contributed by atoms with Gasteiger partial charge in [-0.1, -0.05) is 12.2 Å². The van der Waals surface area contributed by atoms with Crippen molar-refractivity contribution in [1.29, 1.82) is 0 Å². The Morgan fingerprint density at radius 3 is 2.70 bits per heavy atom. The number of ether oxygens (including phenoxy) is 1. The molecule has 3 N–H and O–H groups in total. The molecule has 0 fully saturated rings. The van der Waals surface area contributed by atoms with Gasteiger partial charge in [0.25, 0.3) is 0 Å². The van der Waals surface area contributed by atoms with Crippen molar-refractivity contribution in [3.63, 3.8) is 0 Å². The zero-order valence-corrected chi connectivity index (χ0v) is 5.41. The average Bonchev–Trinajstić information content (AvgIpc) is 1.89. The van der Waals surface area contributed by atoms with Gasteiger partial charge in [-0.05, 0) is 0 Å². The minimum atomic E-state index is -1.49. The first-order chi connectivity index (χ1) is 4.65. The lowest BCUT2D eigenvalue weighted by atomic mass is 10.1. The normalized spacial score (nSPS) is 32.1. The summed E-state index contributed by atoms with van der Waals surface area (Å²) >= 11 is 0. The largest absolute Gasteiger partial charge is 0.478 e. The topological polar surface area (TPSA) is 72.6 Å². The Balaban J connectivity index is 2.68. The molecule has 1 rings (SSSR count). The summed E-state index contributed by atoms with van der Waals surface area (Å²) in [7, 11) is 0. The molecule has 0 amide bonds. The molecule has 0 saturated carbocycles. The zero-order chi connectivity index (χ0) is 7.61. The third-order valence-corrected chi connectivity index (χ3v) is 1.39. The number of rotatable bonds is 1. The number of nitrogens with two attached hydrogens (primary N) is 1. The standard InChI is InChI=1S/C6H9NO3/c7-6(5(8)9)3-1-2-4-10-6/h1-2H,3-4,7H2,(H,8,9). The molecule has 0 aromatic heterocycles. The van der Waals surface area contributed by atoms with Gasteiger partial charge in [0.15, 0.2) is 0 Å². The molecule has 0 aromatic carbocycles. The second-order valence-electron chi connectivity index (χ2n) is 2.18. The molecule has 0 spiro atoms. The van der Waals surface area contributed by atoms with E-state index in [9.17, 15) is 4.79 Å². The Kier molecular flexibility index (Phi) is 1.74. The molecule has 4 nitrogen and oxygen atoms in total. The van der Waals surface area contributed by atoms with Crippen molar-refractivity contribution in [3.05, 3.63) is 12.2 Å². The Bertz CT molecular complexity index is 178. The van der Waals surface area contributed by atoms with Gasteiger partial charge in [-0.15, -0.1) is 0 Å². The Morgan fingerprint density at radius 2 is 2.40 bits per heavy atom. The van der Waals surface area contributed by atoms with Gasteiger partial charge < -0.3 is 9.84 Å². The van der Waals surface area contributed by atoms with Gasteiger partial charge in [-0.25, -0.2) is 4.79 Å². The Hall–Kier alpha value is -0.870. The van der Waals surface area contributed by atoms with Crippen molar-refractivity contribution >= 4 is 5.97 Å². The summed E-state index contributed by atoms with van der Waals surface area (Å²) < 4.78 is 4.82. The smallest absolute Gasteiger partial charge is 0.351 e. The maximum atomic E-state index is 10.4. The van der Waals surface area contributed by atoms with Crippen LogP contribution in [0.15, 0.2) is 12.2 Å². The fraction of sp³-hybridized carbons (Fsp3) is 0.500. The summed E-state index contributed by atoms with van der Waals surface area (Å²) in [6.45, 7) is 0.281. The van der Waals surface area contributed by atoms with Crippen LogP contribution in [0.5, 0.6) is 0 Å². The van der Waals surface area contributed by atoms with E-state index < -0.39 is 11.7 Å². The first-order valence-corrected chi connectivity index (χ1v) is 2.96. The van der Waals surface area contributed by atoms with Crippen LogP contribution >= 0.6 is 0 Å². The fourth-order valence-electron chi connectivity index (χ4n) is 0.731. The van der Waals surface area contributed by atoms with E-state index in [4.69, 9.17) is 15.6 Å². The molecule has 10 heavy (non-hydrogen) atoms. The van der Waals surface area contributed by atoms with E-state index in [1.165, 1.54) is 0 Å². The van der Waals surface area contributed by atoms with Gasteiger partial charge in [0.1, 0.15) is 0 Å². The lowest BCUT2D eigenvalue weighted by Crippen LogP contribution is -2.51. The number of aliphatic carboxylic acids is 1. The highest BCUT2D eigenvalue weighted by atomic mass is 16.5. The number of hydrogen-bond acceptors (Lipinski definition) is 3. The number of carbonyl (C=O) groups is 1. The lowest BCUT2D eigenvalue weighted by molar-refractivity contribution is -0.164. The lowest BCUT2D eigenvalue weighted by Gasteiger charge is -2.25. The van der Waals surface area contributed by atoms with Crippen molar-refractivity contribution in [2.24, 2.45) is 5.73 Å². The molecule has 56 valence electrons. The fourth-order valence-corrected chi connectivity index (χ4v) is 0.731. The summed E-state index contributed by atoms with van der Waals surface area (Å²) in [6.07, 6.45) is 3.69. The molecule has 0 aliphatic carbocycles. The van der Waals surface area contributed by atoms with Crippen LogP contribution in [-0.2, 0) is 9.53 Å². The predicted octanol–water partition coefficient (Wildman–Crippen LogP) is -0.298. The van der Waals surface area contributed by atoms with Crippen molar-refractivity contribution in [2.75, 3.05) is 6.61 Å². The molecule has 0 aromatic rings. The molecule has 0 bridgehead atoms. The summed E-state index contributed by atoms with van der Waals surface area (Å²) in [5.41, 5.74) is 3.84. The summed E-state index contributed by atoms with van der Waals surface area (Å²) in [5.74, 6) is -1.11. The van der Waals surface area contributed by atoms with Gasteiger partial charge in [0.2, 0.25) is 5.72 Å².